The van der Waals surface area contributed by atoms with Gasteiger partial charge in [-0.1, -0.05) is 12.1 Å². The van der Waals surface area contributed by atoms with Crippen molar-refractivity contribution in [3.8, 4) is 0 Å². The first kappa shape index (κ1) is 12.6. The van der Waals surface area contributed by atoms with E-state index in [2.05, 4.69) is 10.3 Å². The number of thioether (sulfide) groups is 1. The summed E-state index contributed by atoms with van der Waals surface area (Å²) in [6.07, 6.45) is 2.00. The Morgan fingerprint density at radius 1 is 1.22 bits per heavy atom. The van der Waals surface area contributed by atoms with Crippen molar-refractivity contribution in [3.63, 3.8) is 0 Å². The number of carbonyl (C=O) groups excluding carboxylic acids is 1. The van der Waals surface area contributed by atoms with Crippen LogP contribution in [0, 0.1) is 6.92 Å². The van der Waals surface area contributed by atoms with Gasteiger partial charge >= 0.3 is 0 Å². The Morgan fingerprint density at radius 3 is 2.72 bits per heavy atom. The van der Waals surface area contributed by atoms with E-state index in [1.54, 1.807) is 17.8 Å². The molecule has 1 aromatic heterocycles. The maximum atomic E-state index is 12.0. The first-order chi connectivity index (χ1) is 8.69. The Bertz CT molecular complexity index is 569. The third-order valence-corrected chi connectivity index (χ3v) is 3.17. The zero-order valence-electron chi connectivity index (χ0n) is 10.3. The fraction of sp³-hybridized carbons (Fsp3) is 0.143. The lowest BCUT2D eigenvalue weighted by Gasteiger charge is -2.06. The number of aryl methyl sites for hydroxylation is 1. The molecule has 0 aliphatic carbocycles. The molecule has 0 saturated heterocycles. The summed E-state index contributed by atoms with van der Waals surface area (Å²) in [7, 11) is 0. The summed E-state index contributed by atoms with van der Waals surface area (Å²) in [4.78, 5) is 17.3. The number of amides is 1. The maximum Gasteiger partial charge on any atom is 0.274 e. The molecular weight excluding hydrogens is 244 g/mol. The fourth-order valence-electron chi connectivity index (χ4n) is 1.57. The number of nitrogens with zero attached hydrogens (tertiary/aromatic N) is 1. The van der Waals surface area contributed by atoms with E-state index in [1.165, 1.54) is 0 Å². The van der Waals surface area contributed by atoms with Gasteiger partial charge in [-0.05, 0) is 43.5 Å². The van der Waals surface area contributed by atoms with Crippen LogP contribution < -0.4 is 5.32 Å². The third-order valence-electron chi connectivity index (χ3n) is 2.45. The van der Waals surface area contributed by atoms with Crippen LogP contribution in [0.4, 0.5) is 5.69 Å². The van der Waals surface area contributed by atoms with Crippen LogP contribution in [-0.2, 0) is 0 Å². The lowest BCUT2D eigenvalue weighted by molar-refractivity contribution is 0.102. The molecule has 18 heavy (non-hydrogen) atoms. The van der Waals surface area contributed by atoms with Crippen LogP contribution in [0.25, 0.3) is 0 Å². The highest BCUT2D eigenvalue weighted by Gasteiger charge is 2.07. The highest BCUT2D eigenvalue weighted by atomic mass is 32.2. The Kier molecular flexibility index (Phi) is 3.99. The topological polar surface area (TPSA) is 42.0 Å². The van der Waals surface area contributed by atoms with E-state index in [0.29, 0.717) is 5.69 Å². The van der Waals surface area contributed by atoms with E-state index in [9.17, 15) is 4.79 Å². The van der Waals surface area contributed by atoms with Crippen LogP contribution in [0.2, 0.25) is 0 Å². The van der Waals surface area contributed by atoms with Crippen molar-refractivity contribution < 1.29 is 4.79 Å². The molecule has 1 aromatic carbocycles. The van der Waals surface area contributed by atoms with E-state index >= 15 is 0 Å². The zero-order valence-corrected chi connectivity index (χ0v) is 11.1. The molecule has 1 heterocycles. The number of hydrogen-bond donors (Lipinski definition) is 1. The predicted octanol–water partition coefficient (Wildman–Crippen LogP) is 3.36. The molecule has 0 spiro atoms. The van der Waals surface area contributed by atoms with Crippen molar-refractivity contribution in [2.45, 2.75) is 11.8 Å². The number of rotatable bonds is 3. The van der Waals surface area contributed by atoms with Crippen LogP contribution in [0.1, 0.15) is 16.2 Å². The predicted molar refractivity (Wildman–Crippen MR) is 75.2 cm³/mol. The molecule has 3 nitrogen and oxygen atoms in total. The minimum Gasteiger partial charge on any atom is -0.321 e. The summed E-state index contributed by atoms with van der Waals surface area (Å²) in [5.74, 6) is -0.183. The van der Waals surface area contributed by atoms with Crippen molar-refractivity contribution in [2.75, 3.05) is 11.6 Å². The second-order valence-electron chi connectivity index (χ2n) is 3.85. The van der Waals surface area contributed by atoms with Gasteiger partial charge in [0.1, 0.15) is 5.69 Å². The van der Waals surface area contributed by atoms with Crippen molar-refractivity contribution in [1.82, 2.24) is 4.98 Å². The van der Waals surface area contributed by atoms with Gasteiger partial charge in [-0.15, -0.1) is 11.8 Å². The largest absolute Gasteiger partial charge is 0.321 e. The van der Waals surface area contributed by atoms with E-state index in [4.69, 9.17) is 0 Å². The third kappa shape index (κ3) is 3.11. The molecule has 0 aliphatic rings. The summed E-state index contributed by atoms with van der Waals surface area (Å²) in [6, 6.07) is 13.1. The van der Waals surface area contributed by atoms with Gasteiger partial charge in [0, 0.05) is 16.3 Å². The minimum absolute atomic E-state index is 0.183. The molecule has 0 bridgehead atoms. The number of carbonyl (C=O) groups is 1. The van der Waals surface area contributed by atoms with Crippen molar-refractivity contribution in [3.05, 3.63) is 53.9 Å². The van der Waals surface area contributed by atoms with E-state index in [0.717, 1.165) is 16.3 Å². The van der Waals surface area contributed by atoms with Gasteiger partial charge in [0.2, 0.25) is 0 Å². The molecule has 2 aromatic rings. The number of benzene rings is 1. The highest BCUT2D eigenvalue weighted by molar-refractivity contribution is 7.98. The minimum atomic E-state index is -0.183. The lowest BCUT2D eigenvalue weighted by Crippen LogP contribution is -2.13. The molecule has 1 amide bonds. The normalized spacial score (nSPS) is 10.1. The van der Waals surface area contributed by atoms with Gasteiger partial charge in [-0.3, -0.25) is 4.79 Å². The highest BCUT2D eigenvalue weighted by Crippen LogP contribution is 2.19. The summed E-state index contributed by atoms with van der Waals surface area (Å²) in [6.45, 7) is 1.87. The molecule has 2 rings (SSSR count). The monoisotopic (exact) mass is 258 g/mol. The van der Waals surface area contributed by atoms with Gasteiger partial charge in [-0.25, -0.2) is 4.98 Å². The molecule has 0 fully saturated rings. The first-order valence-corrected chi connectivity index (χ1v) is 6.80. The molecule has 1 N–H and O–H groups in total. The van der Waals surface area contributed by atoms with Crippen LogP contribution in [0.5, 0.6) is 0 Å². The average molecular weight is 258 g/mol. The number of aromatic nitrogens is 1. The molecule has 0 radical (unpaired) electrons. The molecule has 0 atom stereocenters. The van der Waals surface area contributed by atoms with Gasteiger partial charge in [0.25, 0.3) is 5.91 Å². The van der Waals surface area contributed by atoms with Crippen molar-refractivity contribution >= 4 is 23.4 Å². The average Bonchev–Trinajstić information content (AvgIpc) is 2.39. The number of anilines is 1. The summed E-state index contributed by atoms with van der Waals surface area (Å²) in [5, 5.41) is 2.85. The summed E-state index contributed by atoms with van der Waals surface area (Å²) < 4.78 is 0. The van der Waals surface area contributed by atoms with Gasteiger partial charge in [-0.2, -0.15) is 0 Å². The van der Waals surface area contributed by atoms with Crippen LogP contribution >= 0.6 is 11.8 Å². The second-order valence-corrected chi connectivity index (χ2v) is 4.73. The molecular formula is C14H14N2OS. The Labute approximate surface area is 111 Å². The van der Waals surface area contributed by atoms with Crippen LogP contribution in [-0.4, -0.2) is 17.1 Å². The molecule has 0 unspecified atom stereocenters. The SMILES string of the molecule is CSc1cccc(NC(=O)c2cccc(C)n2)c1. The Morgan fingerprint density at radius 2 is 2.00 bits per heavy atom. The molecule has 0 saturated carbocycles. The smallest absolute Gasteiger partial charge is 0.274 e. The molecule has 4 heteroatoms. The van der Waals surface area contributed by atoms with E-state index in [-0.39, 0.29) is 5.91 Å². The molecule has 92 valence electrons. The quantitative estimate of drug-likeness (QED) is 0.858. The number of pyridine rings is 1. The lowest BCUT2D eigenvalue weighted by atomic mass is 10.2. The Hall–Kier alpha value is -1.81. The number of hydrogen-bond acceptors (Lipinski definition) is 3. The van der Waals surface area contributed by atoms with E-state index < -0.39 is 0 Å². The fourth-order valence-corrected chi connectivity index (χ4v) is 2.02. The standard InChI is InChI=1S/C14H14N2OS/c1-10-5-3-8-13(15-10)14(17)16-11-6-4-7-12(9-11)18-2/h3-9H,1-2H3,(H,16,17). The van der Waals surface area contributed by atoms with Crippen molar-refractivity contribution in [1.29, 1.82) is 0 Å². The van der Waals surface area contributed by atoms with Gasteiger partial charge in [0.15, 0.2) is 0 Å². The maximum absolute atomic E-state index is 12.0. The summed E-state index contributed by atoms with van der Waals surface area (Å²) >= 11 is 1.64. The first-order valence-electron chi connectivity index (χ1n) is 5.58. The number of nitrogens with one attached hydrogen (secondary N) is 1. The van der Waals surface area contributed by atoms with Crippen LogP contribution in [0.15, 0.2) is 47.4 Å². The summed E-state index contributed by atoms with van der Waals surface area (Å²) in [5.41, 5.74) is 2.06. The van der Waals surface area contributed by atoms with Gasteiger partial charge in [0.05, 0.1) is 0 Å². The van der Waals surface area contributed by atoms with Crippen molar-refractivity contribution in [2.24, 2.45) is 0 Å². The van der Waals surface area contributed by atoms with Gasteiger partial charge < -0.3 is 5.32 Å². The molecule has 0 aliphatic heterocycles. The Balaban J connectivity index is 2.16. The van der Waals surface area contributed by atoms with E-state index in [1.807, 2.05) is 49.6 Å². The second kappa shape index (κ2) is 5.69. The van der Waals surface area contributed by atoms with Crippen LogP contribution in [0.3, 0.4) is 0 Å². The zero-order chi connectivity index (χ0) is 13.0.